The first-order valence-corrected chi connectivity index (χ1v) is 25.3. The molecular formula is C45H50N20O6S5. The van der Waals surface area contributed by atoms with Crippen LogP contribution in [0.25, 0.3) is 0 Å². The Bertz CT molecular complexity index is 1870. The molecule has 15 heterocycles. The Kier molecular flexibility index (Phi) is 50.2. The SMILES string of the molecule is Cn1ccnc1.c1c[nH]cn1.c1c[nH]cn1.c1c[nH]cn1.c1ccsc1.c1ccsc1.c1cocn1.c1cocn1.c1cocn1.c1cscn1.c1cscn1.c1cscn1.c1ncon1.c1ncon1.c1nnco1. The molecule has 396 valence electrons. The van der Waals surface area contributed by atoms with Gasteiger partial charge in [0.15, 0.2) is 31.8 Å². The summed E-state index contributed by atoms with van der Waals surface area (Å²) < 4.78 is 28.1. The largest absolute Gasteiger partial charge is 0.452 e. The second-order valence-electron chi connectivity index (χ2n) is 10.9. The lowest BCUT2D eigenvalue weighted by Gasteiger charge is -1.76. The van der Waals surface area contributed by atoms with Crippen molar-refractivity contribution in [3.63, 3.8) is 0 Å². The van der Waals surface area contributed by atoms with Gasteiger partial charge in [0, 0.05) is 91.4 Å². The van der Waals surface area contributed by atoms with Gasteiger partial charge in [0.25, 0.3) is 0 Å². The number of aromatic nitrogens is 20. The maximum Gasteiger partial charge on any atom is 0.213 e. The quantitative estimate of drug-likeness (QED) is 0.127. The number of H-pyrrole nitrogens is 3. The van der Waals surface area contributed by atoms with Crippen molar-refractivity contribution in [3.8, 4) is 0 Å². The first-order valence-electron chi connectivity index (χ1n) is 20.5. The summed E-state index contributed by atoms with van der Waals surface area (Å²) in [5.41, 5.74) is 5.38. The minimum absolute atomic E-state index is 1.26. The first kappa shape index (κ1) is 64.2. The van der Waals surface area contributed by atoms with Crippen LogP contribution in [-0.4, -0.2) is 99.8 Å². The molecular weight excluding hydrogens is 1080 g/mol. The summed E-state index contributed by atoms with van der Waals surface area (Å²) in [5.74, 6) is 0. The van der Waals surface area contributed by atoms with Crippen LogP contribution < -0.4 is 0 Å². The summed E-state index contributed by atoms with van der Waals surface area (Å²) in [5, 5.41) is 27.0. The highest BCUT2D eigenvalue weighted by molar-refractivity contribution is 7.08. The van der Waals surface area contributed by atoms with Crippen molar-refractivity contribution in [1.82, 2.24) is 99.8 Å². The van der Waals surface area contributed by atoms with E-state index in [1.165, 1.54) is 76.2 Å². The molecule has 0 aliphatic heterocycles. The van der Waals surface area contributed by atoms with E-state index in [4.69, 9.17) is 0 Å². The fraction of sp³-hybridized carbons (Fsp3) is 0.0222. The number of oxazole rings is 3. The zero-order valence-corrected chi connectivity index (χ0v) is 44.1. The van der Waals surface area contributed by atoms with Crippen molar-refractivity contribution in [1.29, 1.82) is 0 Å². The number of thiazole rings is 3. The maximum absolute atomic E-state index is 4.47. The molecule has 0 aromatic carbocycles. The van der Waals surface area contributed by atoms with Crippen molar-refractivity contribution in [2.24, 2.45) is 7.05 Å². The number of rotatable bonds is 0. The zero-order valence-electron chi connectivity index (χ0n) is 40.0. The van der Waals surface area contributed by atoms with Gasteiger partial charge in [-0.1, -0.05) is 34.6 Å². The van der Waals surface area contributed by atoms with Gasteiger partial charge in [-0.25, -0.2) is 44.9 Å². The second kappa shape index (κ2) is 59.5. The van der Waals surface area contributed by atoms with Crippen molar-refractivity contribution in [3.05, 3.63) is 267 Å². The van der Waals surface area contributed by atoms with Gasteiger partial charge in [-0.3, -0.25) is 15.0 Å². The van der Waals surface area contributed by atoms with Gasteiger partial charge in [0.1, 0.15) is 18.8 Å². The highest BCUT2D eigenvalue weighted by Crippen LogP contribution is 1.92. The van der Waals surface area contributed by atoms with Crippen LogP contribution in [0.15, 0.2) is 293 Å². The van der Waals surface area contributed by atoms with Crippen LogP contribution in [0.3, 0.4) is 0 Å². The number of hydrogen-bond acceptors (Lipinski definition) is 27. The molecule has 0 spiro atoms. The summed E-state index contributed by atoms with van der Waals surface area (Å²) >= 11 is 8.23. The average Bonchev–Trinajstić information content (AvgIpc) is 4.35. The minimum Gasteiger partial charge on any atom is -0.452 e. The molecule has 76 heavy (non-hydrogen) atoms. The smallest absolute Gasteiger partial charge is 0.213 e. The Labute approximate surface area is 454 Å². The number of nitrogens with one attached hydrogen (secondary N) is 3. The monoisotopic (exact) mass is 1130 g/mol. The maximum atomic E-state index is 4.47. The summed E-state index contributed by atoms with van der Waals surface area (Å²) in [6.45, 7) is 0. The van der Waals surface area contributed by atoms with E-state index in [0.717, 1.165) is 0 Å². The number of aryl methyl sites for hydroxylation is 1. The van der Waals surface area contributed by atoms with Gasteiger partial charge in [0.2, 0.25) is 25.6 Å². The van der Waals surface area contributed by atoms with Crippen LogP contribution >= 0.6 is 56.7 Å². The molecule has 15 aromatic heterocycles. The minimum atomic E-state index is 1.26. The topological polar surface area (TPSA) is 337 Å². The van der Waals surface area contributed by atoms with Gasteiger partial charge in [-0.05, 0) is 21.5 Å². The number of aromatic amines is 3. The van der Waals surface area contributed by atoms with Crippen LogP contribution in [-0.2, 0) is 7.05 Å². The summed E-state index contributed by atoms with van der Waals surface area (Å²) in [7, 11) is 1.94. The van der Waals surface area contributed by atoms with Crippen molar-refractivity contribution >= 4 is 56.7 Å². The molecule has 3 N–H and O–H groups in total. The summed E-state index contributed by atoms with van der Waals surface area (Å²) in [6.07, 6.45) is 47.1. The molecule has 0 atom stereocenters. The van der Waals surface area contributed by atoms with Crippen molar-refractivity contribution in [2.75, 3.05) is 0 Å². The highest BCUT2D eigenvalue weighted by atomic mass is 32.1. The Hall–Kier alpha value is -9.82. The van der Waals surface area contributed by atoms with Crippen molar-refractivity contribution < 1.29 is 26.7 Å². The van der Waals surface area contributed by atoms with E-state index < -0.39 is 0 Å². The van der Waals surface area contributed by atoms with E-state index in [1.54, 1.807) is 179 Å². The molecule has 0 aliphatic carbocycles. The summed E-state index contributed by atoms with van der Waals surface area (Å²) in [4.78, 5) is 51.8. The third-order valence-electron chi connectivity index (χ3n) is 5.64. The Morgan fingerprint density at radius 2 is 0.763 bits per heavy atom. The molecule has 15 rings (SSSR count). The lowest BCUT2D eigenvalue weighted by atomic mass is 10.7. The van der Waals surface area contributed by atoms with E-state index in [1.807, 2.05) is 79.7 Å². The predicted octanol–water partition coefficient (Wildman–Crippen LogP) is 10.8. The number of hydrogen-bond donors (Lipinski definition) is 3. The number of nitrogens with zero attached hydrogens (tertiary/aromatic N) is 17. The lowest BCUT2D eigenvalue weighted by Crippen LogP contribution is -1.76. The highest BCUT2D eigenvalue weighted by Gasteiger charge is 1.70. The molecule has 31 heteroatoms. The average molecular weight is 1130 g/mol. The van der Waals surface area contributed by atoms with Crippen LogP contribution in [0.4, 0.5) is 0 Å². The van der Waals surface area contributed by atoms with Crippen molar-refractivity contribution in [2.45, 2.75) is 0 Å². The molecule has 26 nitrogen and oxygen atoms in total. The molecule has 0 saturated heterocycles. The molecule has 0 saturated carbocycles. The van der Waals surface area contributed by atoms with E-state index in [9.17, 15) is 0 Å². The third-order valence-corrected chi connectivity index (χ3v) is 8.46. The lowest BCUT2D eigenvalue weighted by molar-refractivity contribution is 0.416. The molecule has 0 unspecified atom stereocenters. The third kappa shape index (κ3) is 56.8. The van der Waals surface area contributed by atoms with Gasteiger partial charge >= 0.3 is 0 Å². The van der Waals surface area contributed by atoms with Crippen LogP contribution in [0, 0.1) is 0 Å². The number of imidazole rings is 4. The number of thiophene rings is 2. The first-order chi connectivity index (χ1) is 37.9. The molecule has 0 radical (unpaired) electrons. The normalized spacial score (nSPS) is 8.07. The van der Waals surface area contributed by atoms with Crippen LogP contribution in [0.1, 0.15) is 0 Å². The van der Waals surface area contributed by atoms with E-state index >= 15 is 0 Å². The van der Waals surface area contributed by atoms with E-state index in [0.29, 0.717) is 0 Å². The summed E-state index contributed by atoms with van der Waals surface area (Å²) in [6, 6.07) is 8.07. The molecule has 0 fully saturated rings. The fourth-order valence-corrected chi connectivity index (χ4v) is 4.85. The van der Waals surface area contributed by atoms with Gasteiger partial charge in [-0.15, -0.1) is 44.2 Å². The predicted molar refractivity (Wildman–Crippen MR) is 286 cm³/mol. The van der Waals surface area contributed by atoms with E-state index in [2.05, 4.69) is 122 Å². The second-order valence-corrected chi connectivity index (χ2v) is 14.8. The standard InChI is InChI=1S/C4H6N2.2C4H4S.3C3H4N2.3C3H3NO.3C3H3NS.3C2H2N2O/c1-6-3-2-5-4-6;2*1-2-4-5-3-1;9*1-2-5-3-4-1;1-3-4-2-5-1;2*1-3-2-5-4-1/h2-4H,1H3;2*1-4H;3*1-3H,(H,4,5);6*1-3H;3*1-2H. The van der Waals surface area contributed by atoms with E-state index in [-0.39, 0.29) is 0 Å². The Morgan fingerprint density at radius 3 is 0.855 bits per heavy atom. The Balaban J connectivity index is 0.000000407. The van der Waals surface area contributed by atoms with Gasteiger partial charge < -0.3 is 46.2 Å². The van der Waals surface area contributed by atoms with Gasteiger partial charge in [-0.2, -0.15) is 22.7 Å². The fourth-order valence-electron chi connectivity index (χ4n) is 2.89. The molecule has 0 aliphatic rings. The molecule has 15 aromatic rings. The van der Waals surface area contributed by atoms with Crippen LogP contribution in [0.2, 0.25) is 0 Å². The molecule has 0 amide bonds. The Morgan fingerprint density at radius 1 is 0.355 bits per heavy atom. The molecule has 0 bridgehead atoms. The van der Waals surface area contributed by atoms with Gasteiger partial charge in [0.05, 0.1) is 60.4 Å². The van der Waals surface area contributed by atoms with Crippen LogP contribution in [0.5, 0.6) is 0 Å². The zero-order chi connectivity index (χ0) is 53.9.